The van der Waals surface area contributed by atoms with Crippen LogP contribution in [0.15, 0.2) is 30.3 Å². The zero-order valence-corrected chi connectivity index (χ0v) is 16.0. The van der Waals surface area contributed by atoms with Crippen LogP contribution >= 0.6 is 0 Å². The van der Waals surface area contributed by atoms with Crippen LogP contribution < -0.4 is 5.32 Å². The number of amides is 1. The average Bonchev–Trinajstić information content (AvgIpc) is 3.15. The van der Waals surface area contributed by atoms with Crippen LogP contribution in [0.3, 0.4) is 0 Å². The molecule has 5 nitrogen and oxygen atoms in total. The topological polar surface area (TPSA) is 69.6 Å². The lowest BCUT2D eigenvalue weighted by atomic mass is 10.1. The van der Waals surface area contributed by atoms with E-state index in [1.807, 2.05) is 50.8 Å². The predicted octanol–water partition coefficient (Wildman–Crippen LogP) is 3.71. The van der Waals surface area contributed by atoms with Gasteiger partial charge in [0.15, 0.2) is 0 Å². The summed E-state index contributed by atoms with van der Waals surface area (Å²) >= 11 is 0. The highest BCUT2D eigenvalue weighted by Gasteiger charge is 2.15. The van der Waals surface area contributed by atoms with Crippen LogP contribution in [-0.4, -0.2) is 42.0 Å². The highest BCUT2D eigenvalue weighted by atomic mass is 16.4. The third-order valence-electron chi connectivity index (χ3n) is 3.22. The number of carbonyl (C=O) groups excluding carboxylic acids is 1. The Morgan fingerprint density at radius 1 is 1.04 bits per heavy atom. The molecule has 2 N–H and O–H groups in total. The summed E-state index contributed by atoms with van der Waals surface area (Å²) < 4.78 is 0. The van der Waals surface area contributed by atoms with E-state index in [0.29, 0.717) is 0 Å². The first kappa shape index (κ1) is 24.4. The molecule has 0 radical (unpaired) electrons. The number of likely N-dealkylation sites (N-methyl/N-ethyl adjacent to an activating group) is 1. The molecule has 0 aliphatic carbocycles. The molecule has 24 heavy (non-hydrogen) atoms. The fourth-order valence-electron chi connectivity index (χ4n) is 2.11. The molecule has 0 spiro atoms. The van der Waals surface area contributed by atoms with Gasteiger partial charge in [0.25, 0.3) is 0 Å². The summed E-state index contributed by atoms with van der Waals surface area (Å²) in [5.41, 5.74) is 0.771. The summed E-state index contributed by atoms with van der Waals surface area (Å²) in [4.78, 5) is 23.1. The normalized spacial score (nSPS) is 13.2. The van der Waals surface area contributed by atoms with Crippen LogP contribution in [0.4, 0.5) is 0 Å². The number of carboxylic acid groups (broad SMARTS) is 1. The third-order valence-corrected chi connectivity index (χ3v) is 3.22. The Labute approximate surface area is 147 Å². The van der Waals surface area contributed by atoms with E-state index in [1.54, 1.807) is 26.1 Å². The van der Waals surface area contributed by atoms with Gasteiger partial charge in [0.05, 0.1) is 0 Å². The maximum atomic E-state index is 10.7. The molecule has 0 saturated carbocycles. The highest BCUT2D eigenvalue weighted by molar-refractivity contribution is 5.75. The summed E-state index contributed by atoms with van der Waals surface area (Å²) in [6, 6.07) is 8.47. The lowest BCUT2D eigenvalue weighted by Crippen LogP contribution is -2.24. The van der Waals surface area contributed by atoms with Crippen molar-refractivity contribution in [1.29, 1.82) is 0 Å². The molecule has 1 aromatic rings. The molecule has 2 rings (SSSR count). The second kappa shape index (κ2) is 16.0. The van der Waals surface area contributed by atoms with Crippen molar-refractivity contribution in [3.05, 3.63) is 35.9 Å². The quantitative estimate of drug-likeness (QED) is 0.881. The molecule has 1 amide bonds. The molecule has 0 bridgehead atoms. The van der Waals surface area contributed by atoms with E-state index in [9.17, 15) is 9.59 Å². The van der Waals surface area contributed by atoms with Crippen LogP contribution in [0.2, 0.25) is 0 Å². The van der Waals surface area contributed by atoms with Crippen molar-refractivity contribution in [2.75, 3.05) is 20.1 Å². The van der Waals surface area contributed by atoms with Crippen molar-refractivity contribution in [3.63, 3.8) is 0 Å². The Morgan fingerprint density at radius 3 is 1.79 bits per heavy atom. The first-order chi connectivity index (χ1) is 11.6. The summed E-state index contributed by atoms with van der Waals surface area (Å²) in [5, 5.41) is 11.5. The highest BCUT2D eigenvalue weighted by Crippen LogP contribution is 2.11. The molecule has 0 aromatic heterocycles. The SMILES string of the molecule is CC.CC.CC(=O)N1CCCC1.CNC(C(=O)O)c1ccccc1. The Kier molecular flexibility index (Phi) is 16.2. The Morgan fingerprint density at radius 2 is 1.50 bits per heavy atom. The zero-order chi connectivity index (χ0) is 19.0. The van der Waals surface area contributed by atoms with Crippen molar-refractivity contribution in [2.45, 2.75) is 53.5 Å². The lowest BCUT2D eigenvalue weighted by molar-refractivity contribution is -0.139. The molecular weight excluding hydrogens is 304 g/mol. The van der Waals surface area contributed by atoms with Gasteiger partial charge in [-0.25, -0.2) is 0 Å². The maximum Gasteiger partial charge on any atom is 0.325 e. The number of carboxylic acids is 1. The Hall–Kier alpha value is -1.88. The number of carbonyl (C=O) groups is 2. The van der Waals surface area contributed by atoms with Crippen LogP contribution in [0.1, 0.15) is 59.1 Å². The smallest absolute Gasteiger partial charge is 0.325 e. The van der Waals surface area contributed by atoms with E-state index < -0.39 is 12.0 Å². The number of hydrogen-bond acceptors (Lipinski definition) is 3. The first-order valence-corrected chi connectivity index (χ1v) is 8.76. The van der Waals surface area contributed by atoms with E-state index >= 15 is 0 Å². The summed E-state index contributed by atoms with van der Waals surface area (Å²) in [6.45, 7) is 11.6. The van der Waals surface area contributed by atoms with Crippen LogP contribution in [0, 0.1) is 0 Å². The third kappa shape index (κ3) is 10.0. The predicted molar refractivity (Wildman–Crippen MR) is 100 cm³/mol. The average molecular weight is 338 g/mol. The van der Waals surface area contributed by atoms with E-state index in [1.165, 1.54) is 12.8 Å². The number of nitrogens with zero attached hydrogens (tertiary/aromatic N) is 1. The second-order valence-corrected chi connectivity index (χ2v) is 4.68. The molecule has 138 valence electrons. The van der Waals surface area contributed by atoms with Gasteiger partial charge in [0, 0.05) is 20.0 Å². The molecule has 1 heterocycles. The molecule has 1 aliphatic heterocycles. The molecule has 1 aliphatic rings. The molecule has 1 aromatic carbocycles. The van der Waals surface area contributed by atoms with Crippen LogP contribution in [0.25, 0.3) is 0 Å². The standard InChI is InChI=1S/C9H11NO2.C6H11NO.2C2H6/c1-10-8(9(11)12)7-5-3-2-4-6-7;1-6(8)7-4-2-3-5-7;2*1-2/h2-6,8,10H,1H3,(H,11,12);2-5H2,1H3;2*1-2H3. The number of rotatable bonds is 3. The molecule has 5 heteroatoms. The van der Waals surface area contributed by atoms with Crippen molar-refractivity contribution in [2.24, 2.45) is 0 Å². The van der Waals surface area contributed by atoms with Gasteiger partial charge < -0.3 is 15.3 Å². The number of likely N-dealkylation sites (tertiary alicyclic amines) is 1. The van der Waals surface area contributed by atoms with Gasteiger partial charge in [-0.2, -0.15) is 0 Å². The molecule has 1 fully saturated rings. The van der Waals surface area contributed by atoms with Gasteiger partial charge in [0.2, 0.25) is 5.91 Å². The molecule has 1 saturated heterocycles. The summed E-state index contributed by atoms with van der Waals surface area (Å²) in [5.74, 6) is -0.633. The van der Waals surface area contributed by atoms with E-state index in [0.717, 1.165) is 18.7 Å². The van der Waals surface area contributed by atoms with Gasteiger partial charge in [-0.15, -0.1) is 0 Å². The monoisotopic (exact) mass is 338 g/mol. The van der Waals surface area contributed by atoms with Gasteiger partial charge in [0.1, 0.15) is 6.04 Å². The maximum absolute atomic E-state index is 10.7. The fraction of sp³-hybridized carbons (Fsp3) is 0.579. The second-order valence-electron chi connectivity index (χ2n) is 4.68. The molecule has 1 atom stereocenters. The van der Waals surface area contributed by atoms with E-state index in [-0.39, 0.29) is 5.91 Å². The number of nitrogens with one attached hydrogen (secondary N) is 1. The summed E-state index contributed by atoms with van der Waals surface area (Å²) in [7, 11) is 1.63. The lowest BCUT2D eigenvalue weighted by Gasteiger charge is -2.10. The number of aliphatic carboxylic acids is 1. The number of hydrogen-bond donors (Lipinski definition) is 2. The minimum atomic E-state index is -0.858. The summed E-state index contributed by atoms with van der Waals surface area (Å²) in [6.07, 6.45) is 2.39. The van der Waals surface area contributed by atoms with Crippen LogP contribution in [0.5, 0.6) is 0 Å². The minimum Gasteiger partial charge on any atom is -0.480 e. The van der Waals surface area contributed by atoms with Crippen molar-refractivity contribution in [1.82, 2.24) is 10.2 Å². The van der Waals surface area contributed by atoms with E-state index in [2.05, 4.69) is 5.32 Å². The molecular formula is C19H34N2O3. The minimum absolute atomic E-state index is 0.225. The zero-order valence-electron chi connectivity index (χ0n) is 16.0. The Balaban J connectivity index is 0. The van der Waals surface area contributed by atoms with Crippen molar-refractivity contribution >= 4 is 11.9 Å². The fourth-order valence-corrected chi connectivity index (χ4v) is 2.11. The van der Waals surface area contributed by atoms with E-state index in [4.69, 9.17) is 5.11 Å². The number of benzene rings is 1. The van der Waals surface area contributed by atoms with Crippen molar-refractivity contribution in [3.8, 4) is 0 Å². The first-order valence-electron chi connectivity index (χ1n) is 8.76. The van der Waals surface area contributed by atoms with Gasteiger partial charge in [-0.05, 0) is 25.5 Å². The largest absolute Gasteiger partial charge is 0.480 e. The Bertz CT molecular complexity index is 429. The molecule has 1 unspecified atom stereocenters. The van der Waals surface area contributed by atoms with Gasteiger partial charge in [-0.3, -0.25) is 9.59 Å². The van der Waals surface area contributed by atoms with Gasteiger partial charge in [-0.1, -0.05) is 58.0 Å². The van der Waals surface area contributed by atoms with Crippen molar-refractivity contribution < 1.29 is 14.7 Å². The van der Waals surface area contributed by atoms with Crippen LogP contribution in [-0.2, 0) is 9.59 Å². The van der Waals surface area contributed by atoms with Gasteiger partial charge >= 0.3 is 5.97 Å².